The van der Waals surface area contributed by atoms with E-state index in [4.69, 9.17) is 4.84 Å². The molecular formula is C11H16N2O. The fourth-order valence-corrected chi connectivity index (χ4v) is 1.68. The highest BCUT2D eigenvalue weighted by atomic mass is 16.7. The Morgan fingerprint density at radius 2 is 2.21 bits per heavy atom. The first-order valence-corrected chi connectivity index (χ1v) is 4.95. The van der Waals surface area contributed by atoms with Gasteiger partial charge in [0.05, 0.1) is 17.8 Å². The highest BCUT2D eigenvalue weighted by Crippen LogP contribution is 2.30. The summed E-state index contributed by atoms with van der Waals surface area (Å²) in [5, 5.41) is 1.98. The van der Waals surface area contributed by atoms with E-state index in [9.17, 15) is 0 Å². The summed E-state index contributed by atoms with van der Waals surface area (Å²) in [4.78, 5) is 9.81. The molecule has 1 aromatic heterocycles. The van der Waals surface area contributed by atoms with Crippen LogP contribution in [0.5, 0.6) is 0 Å². The van der Waals surface area contributed by atoms with Crippen LogP contribution in [0.3, 0.4) is 0 Å². The summed E-state index contributed by atoms with van der Waals surface area (Å²) in [6, 6.07) is 2.01. The predicted octanol–water partition coefficient (Wildman–Crippen LogP) is 2.17. The second-order valence-electron chi connectivity index (χ2n) is 4.55. The molecule has 2 rings (SSSR count). The second kappa shape index (κ2) is 3.24. The van der Waals surface area contributed by atoms with Gasteiger partial charge in [-0.2, -0.15) is 0 Å². The fraction of sp³-hybridized carbons (Fsp3) is 0.545. The Labute approximate surface area is 84.7 Å². The molecule has 0 aliphatic carbocycles. The summed E-state index contributed by atoms with van der Waals surface area (Å²) >= 11 is 0. The molecular weight excluding hydrogens is 176 g/mol. The number of hydrogen-bond acceptors (Lipinski definition) is 3. The van der Waals surface area contributed by atoms with Gasteiger partial charge in [0.25, 0.3) is 0 Å². The second-order valence-corrected chi connectivity index (χ2v) is 4.55. The summed E-state index contributed by atoms with van der Waals surface area (Å²) in [5.41, 5.74) is 2.42. The lowest BCUT2D eigenvalue weighted by Gasteiger charge is -2.39. The van der Waals surface area contributed by atoms with Gasteiger partial charge in [-0.15, -0.1) is 0 Å². The normalized spacial score (nSPS) is 16.6. The molecule has 0 aromatic carbocycles. The Balaban J connectivity index is 2.41. The van der Waals surface area contributed by atoms with Crippen LogP contribution in [0.1, 0.15) is 26.3 Å². The molecule has 0 saturated carbocycles. The maximum atomic E-state index is 5.67. The van der Waals surface area contributed by atoms with Gasteiger partial charge in [-0.05, 0) is 32.4 Å². The summed E-state index contributed by atoms with van der Waals surface area (Å²) < 4.78 is 0. The Kier molecular flexibility index (Phi) is 2.19. The SMILES string of the molecule is CC(C)(C)N1OCCc2cnccc21. The number of anilines is 1. The molecule has 3 heteroatoms. The molecule has 0 spiro atoms. The van der Waals surface area contributed by atoms with Crippen LogP contribution in [0.25, 0.3) is 0 Å². The third-order valence-electron chi connectivity index (χ3n) is 2.30. The molecule has 0 radical (unpaired) electrons. The zero-order valence-electron chi connectivity index (χ0n) is 8.95. The van der Waals surface area contributed by atoms with Crippen molar-refractivity contribution in [3.05, 3.63) is 24.0 Å². The molecule has 2 heterocycles. The lowest BCUT2D eigenvalue weighted by Crippen LogP contribution is -2.44. The van der Waals surface area contributed by atoms with Gasteiger partial charge in [0.2, 0.25) is 0 Å². The number of fused-ring (bicyclic) bond motifs is 1. The molecule has 14 heavy (non-hydrogen) atoms. The quantitative estimate of drug-likeness (QED) is 0.630. The zero-order valence-corrected chi connectivity index (χ0v) is 8.95. The van der Waals surface area contributed by atoms with Crippen LogP contribution in [-0.2, 0) is 11.3 Å². The first kappa shape index (κ1) is 9.46. The lowest BCUT2D eigenvalue weighted by molar-refractivity contribution is 0.0587. The minimum absolute atomic E-state index is 0.00345. The molecule has 0 atom stereocenters. The van der Waals surface area contributed by atoms with E-state index in [0.29, 0.717) is 0 Å². The Hall–Kier alpha value is -1.09. The van der Waals surface area contributed by atoms with Gasteiger partial charge in [0.15, 0.2) is 0 Å². The molecule has 0 fully saturated rings. The zero-order chi connectivity index (χ0) is 10.2. The van der Waals surface area contributed by atoms with Crippen molar-refractivity contribution in [2.24, 2.45) is 0 Å². The molecule has 3 nitrogen and oxygen atoms in total. The highest BCUT2D eigenvalue weighted by molar-refractivity contribution is 5.53. The molecule has 0 saturated heterocycles. The van der Waals surface area contributed by atoms with Gasteiger partial charge < -0.3 is 0 Å². The minimum Gasteiger partial charge on any atom is -0.273 e. The number of aromatic nitrogens is 1. The van der Waals surface area contributed by atoms with Gasteiger partial charge in [-0.1, -0.05) is 0 Å². The van der Waals surface area contributed by atoms with Gasteiger partial charge in [-0.3, -0.25) is 9.82 Å². The van der Waals surface area contributed by atoms with Crippen molar-refractivity contribution in [2.45, 2.75) is 32.7 Å². The first-order valence-electron chi connectivity index (χ1n) is 4.95. The molecule has 0 amide bonds. The topological polar surface area (TPSA) is 25.4 Å². The average Bonchev–Trinajstić information content (AvgIpc) is 2.15. The third-order valence-corrected chi connectivity index (χ3v) is 2.30. The van der Waals surface area contributed by atoms with Crippen LogP contribution in [0.15, 0.2) is 18.5 Å². The molecule has 1 aliphatic rings. The number of nitrogens with zero attached hydrogens (tertiary/aromatic N) is 2. The Morgan fingerprint density at radius 1 is 1.43 bits per heavy atom. The minimum atomic E-state index is -0.00345. The van der Waals surface area contributed by atoms with Gasteiger partial charge >= 0.3 is 0 Å². The van der Waals surface area contributed by atoms with E-state index in [-0.39, 0.29) is 5.54 Å². The van der Waals surface area contributed by atoms with Crippen LogP contribution < -0.4 is 5.06 Å². The van der Waals surface area contributed by atoms with E-state index in [1.165, 1.54) is 5.56 Å². The maximum Gasteiger partial charge on any atom is 0.0790 e. The largest absolute Gasteiger partial charge is 0.273 e. The maximum absolute atomic E-state index is 5.67. The van der Waals surface area contributed by atoms with E-state index < -0.39 is 0 Å². The monoisotopic (exact) mass is 192 g/mol. The summed E-state index contributed by atoms with van der Waals surface area (Å²) in [5.74, 6) is 0. The van der Waals surface area contributed by atoms with E-state index in [0.717, 1.165) is 18.7 Å². The van der Waals surface area contributed by atoms with E-state index in [1.807, 2.05) is 23.5 Å². The van der Waals surface area contributed by atoms with Gasteiger partial charge in [0, 0.05) is 18.8 Å². The van der Waals surface area contributed by atoms with Crippen molar-refractivity contribution < 1.29 is 4.84 Å². The number of hydroxylamine groups is 1. The third kappa shape index (κ3) is 1.60. The molecule has 0 unspecified atom stereocenters. The van der Waals surface area contributed by atoms with E-state index >= 15 is 0 Å². The average molecular weight is 192 g/mol. The van der Waals surface area contributed by atoms with Crippen molar-refractivity contribution in [3.8, 4) is 0 Å². The van der Waals surface area contributed by atoms with Crippen molar-refractivity contribution in [3.63, 3.8) is 0 Å². The molecule has 0 N–H and O–H groups in total. The van der Waals surface area contributed by atoms with Crippen LogP contribution in [0, 0.1) is 0 Å². The van der Waals surface area contributed by atoms with E-state index in [1.54, 1.807) is 0 Å². The molecule has 0 bridgehead atoms. The first-order chi connectivity index (χ1) is 6.59. The Bertz CT molecular complexity index is 330. The summed E-state index contributed by atoms with van der Waals surface area (Å²) in [6.45, 7) is 7.17. The van der Waals surface area contributed by atoms with Crippen LogP contribution >= 0.6 is 0 Å². The van der Waals surface area contributed by atoms with Crippen LogP contribution in [-0.4, -0.2) is 17.1 Å². The van der Waals surface area contributed by atoms with Crippen molar-refractivity contribution >= 4 is 5.69 Å². The summed E-state index contributed by atoms with van der Waals surface area (Å²) in [7, 11) is 0. The number of rotatable bonds is 0. The number of hydrogen-bond donors (Lipinski definition) is 0. The van der Waals surface area contributed by atoms with Crippen molar-refractivity contribution in [1.29, 1.82) is 0 Å². The van der Waals surface area contributed by atoms with Crippen molar-refractivity contribution in [2.75, 3.05) is 11.7 Å². The molecule has 1 aliphatic heterocycles. The van der Waals surface area contributed by atoms with Gasteiger partial charge in [0.1, 0.15) is 0 Å². The predicted molar refractivity (Wildman–Crippen MR) is 56.1 cm³/mol. The smallest absolute Gasteiger partial charge is 0.0790 e. The fourth-order valence-electron chi connectivity index (χ4n) is 1.68. The lowest BCUT2D eigenvalue weighted by atomic mass is 10.0. The van der Waals surface area contributed by atoms with Gasteiger partial charge in [-0.25, -0.2) is 5.06 Å². The van der Waals surface area contributed by atoms with Crippen molar-refractivity contribution in [1.82, 2.24) is 4.98 Å². The molecule has 76 valence electrons. The van der Waals surface area contributed by atoms with Crippen LogP contribution in [0.4, 0.5) is 5.69 Å². The highest BCUT2D eigenvalue weighted by Gasteiger charge is 2.27. The molecule has 1 aromatic rings. The van der Waals surface area contributed by atoms with Crippen LogP contribution in [0.2, 0.25) is 0 Å². The number of pyridine rings is 1. The standard InChI is InChI=1S/C11H16N2O/c1-11(2,3)13-10-4-6-12-8-9(10)5-7-14-13/h4,6,8H,5,7H2,1-3H3. The summed E-state index contributed by atoms with van der Waals surface area (Å²) in [6.07, 6.45) is 4.69. The Morgan fingerprint density at radius 3 is 2.93 bits per heavy atom. The van der Waals surface area contributed by atoms with E-state index in [2.05, 4.69) is 25.8 Å².